The Morgan fingerprint density at radius 1 is 1.50 bits per heavy atom. The summed E-state index contributed by atoms with van der Waals surface area (Å²) >= 11 is 0. The smallest absolute Gasteiger partial charge is 0.167 e. The molecule has 82 valence electrons. The number of Topliss-reactive ketones (excluding diaryl/α,β-unsaturated/α-hetero) is 1. The topological polar surface area (TPSA) is 26.3 Å². The van der Waals surface area contributed by atoms with Crippen LogP contribution in [0.15, 0.2) is 24.3 Å². The number of fused-ring (bicyclic) bond motifs is 1. The SMILES string of the molecule is C#CCCC(=O)C1OCCc2ccccc21. The van der Waals surface area contributed by atoms with Crippen LogP contribution in [0.5, 0.6) is 0 Å². The molecule has 0 N–H and O–H groups in total. The van der Waals surface area contributed by atoms with Crippen molar-refractivity contribution in [1.82, 2.24) is 0 Å². The third-order valence-electron chi connectivity index (χ3n) is 2.80. The minimum Gasteiger partial charge on any atom is -0.365 e. The van der Waals surface area contributed by atoms with Gasteiger partial charge in [-0.1, -0.05) is 24.3 Å². The van der Waals surface area contributed by atoms with Gasteiger partial charge in [-0.2, -0.15) is 0 Å². The second-order valence-corrected chi connectivity index (χ2v) is 3.87. The molecule has 0 saturated heterocycles. The third kappa shape index (κ3) is 2.15. The summed E-state index contributed by atoms with van der Waals surface area (Å²) in [5.74, 6) is 2.57. The number of carbonyl (C=O) groups excluding carboxylic acids is 1. The van der Waals surface area contributed by atoms with Gasteiger partial charge in [-0.25, -0.2) is 0 Å². The number of hydrogen-bond donors (Lipinski definition) is 0. The number of terminal acetylenes is 1. The average Bonchev–Trinajstić information content (AvgIpc) is 2.35. The number of rotatable bonds is 3. The lowest BCUT2D eigenvalue weighted by Gasteiger charge is -2.24. The van der Waals surface area contributed by atoms with E-state index in [9.17, 15) is 4.79 Å². The summed E-state index contributed by atoms with van der Waals surface area (Å²) in [5, 5.41) is 0. The van der Waals surface area contributed by atoms with Gasteiger partial charge in [-0.15, -0.1) is 12.3 Å². The van der Waals surface area contributed by atoms with Crippen LogP contribution in [0, 0.1) is 12.3 Å². The highest BCUT2D eigenvalue weighted by atomic mass is 16.5. The molecule has 1 unspecified atom stereocenters. The van der Waals surface area contributed by atoms with Gasteiger partial charge in [0.2, 0.25) is 0 Å². The van der Waals surface area contributed by atoms with E-state index in [1.807, 2.05) is 18.2 Å². The molecule has 2 rings (SSSR count). The van der Waals surface area contributed by atoms with Gasteiger partial charge in [-0.05, 0) is 17.5 Å². The number of hydrogen-bond acceptors (Lipinski definition) is 2. The largest absolute Gasteiger partial charge is 0.365 e. The molecule has 16 heavy (non-hydrogen) atoms. The third-order valence-corrected chi connectivity index (χ3v) is 2.80. The first kappa shape index (κ1) is 10.9. The van der Waals surface area contributed by atoms with E-state index in [1.54, 1.807) is 0 Å². The van der Waals surface area contributed by atoms with Crippen molar-refractivity contribution < 1.29 is 9.53 Å². The molecule has 2 nitrogen and oxygen atoms in total. The molecule has 1 aromatic carbocycles. The van der Waals surface area contributed by atoms with Crippen LogP contribution < -0.4 is 0 Å². The van der Waals surface area contributed by atoms with Gasteiger partial charge < -0.3 is 4.74 Å². The maximum atomic E-state index is 11.9. The molecule has 0 saturated carbocycles. The standard InChI is InChI=1S/C14H14O2/c1-2-3-8-13(15)14-12-7-5-4-6-11(12)9-10-16-14/h1,4-7,14H,3,8-10H2. The van der Waals surface area contributed by atoms with E-state index in [2.05, 4.69) is 12.0 Å². The van der Waals surface area contributed by atoms with Crippen molar-refractivity contribution in [2.24, 2.45) is 0 Å². The Labute approximate surface area is 95.6 Å². The van der Waals surface area contributed by atoms with E-state index >= 15 is 0 Å². The number of ketones is 1. The summed E-state index contributed by atoms with van der Waals surface area (Å²) < 4.78 is 5.55. The number of ether oxygens (including phenoxy) is 1. The fourth-order valence-corrected chi connectivity index (χ4v) is 1.99. The zero-order valence-corrected chi connectivity index (χ0v) is 9.11. The van der Waals surface area contributed by atoms with Crippen LogP contribution in [0.25, 0.3) is 0 Å². The summed E-state index contributed by atoms with van der Waals surface area (Å²) in [6.45, 7) is 0.615. The minimum absolute atomic E-state index is 0.0881. The molecule has 0 bridgehead atoms. The molecule has 1 heterocycles. The van der Waals surface area contributed by atoms with Crippen molar-refractivity contribution in [3.8, 4) is 12.3 Å². The van der Waals surface area contributed by atoms with Crippen molar-refractivity contribution in [2.45, 2.75) is 25.4 Å². The van der Waals surface area contributed by atoms with Crippen molar-refractivity contribution in [3.63, 3.8) is 0 Å². The first-order valence-corrected chi connectivity index (χ1v) is 5.48. The number of benzene rings is 1. The van der Waals surface area contributed by atoms with Crippen LogP contribution in [0.1, 0.15) is 30.1 Å². The molecular weight excluding hydrogens is 200 g/mol. The van der Waals surface area contributed by atoms with Crippen LogP contribution in [0.2, 0.25) is 0 Å². The summed E-state index contributed by atoms with van der Waals surface area (Å²) in [6, 6.07) is 7.95. The predicted molar refractivity (Wildman–Crippen MR) is 61.9 cm³/mol. The second kappa shape index (κ2) is 4.96. The zero-order valence-electron chi connectivity index (χ0n) is 9.11. The second-order valence-electron chi connectivity index (χ2n) is 3.87. The molecule has 0 spiro atoms. The lowest BCUT2D eigenvalue weighted by Crippen LogP contribution is -2.23. The maximum Gasteiger partial charge on any atom is 0.167 e. The van der Waals surface area contributed by atoms with Crippen LogP contribution in [-0.2, 0) is 16.0 Å². The van der Waals surface area contributed by atoms with Crippen molar-refractivity contribution >= 4 is 5.78 Å². The molecule has 1 aromatic rings. The van der Waals surface area contributed by atoms with Crippen LogP contribution in [0.3, 0.4) is 0 Å². The fraction of sp³-hybridized carbons (Fsp3) is 0.357. The van der Waals surface area contributed by atoms with Gasteiger partial charge in [-0.3, -0.25) is 4.79 Å². The highest BCUT2D eigenvalue weighted by Gasteiger charge is 2.26. The van der Waals surface area contributed by atoms with Gasteiger partial charge in [0.05, 0.1) is 6.61 Å². The molecule has 0 amide bonds. The van der Waals surface area contributed by atoms with E-state index in [0.29, 0.717) is 19.4 Å². The quantitative estimate of drug-likeness (QED) is 0.721. The van der Waals surface area contributed by atoms with Crippen LogP contribution in [-0.4, -0.2) is 12.4 Å². The zero-order chi connectivity index (χ0) is 11.4. The molecule has 0 aliphatic carbocycles. The van der Waals surface area contributed by atoms with Crippen molar-refractivity contribution in [1.29, 1.82) is 0 Å². The van der Waals surface area contributed by atoms with Gasteiger partial charge in [0, 0.05) is 12.8 Å². The molecule has 1 aliphatic heterocycles. The fourth-order valence-electron chi connectivity index (χ4n) is 1.99. The highest BCUT2D eigenvalue weighted by Crippen LogP contribution is 2.28. The predicted octanol–water partition coefficient (Wildman–Crippen LogP) is 2.28. The Kier molecular flexibility index (Phi) is 3.38. The molecule has 0 radical (unpaired) electrons. The lowest BCUT2D eigenvalue weighted by atomic mass is 9.94. The van der Waals surface area contributed by atoms with Gasteiger partial charge in [0.1, 0.15) is 6.10 Å². The molecule has 0 aromatic heterocycles. The Morgan fingerprint density at radius 2 is 2.31 bits per heavy atom. The Balaban J connectivity index is 2.19. The first-order valence-electron chi connectivity index (χ1n) is 5.48. The van der Waals surface area contributed by atoms with E-state index in [1.165, 1.54) is 5.56 Å². The maximum absolute atomic E-state index is 11.9. The molecule has 1 atom stereocenters. The van der Waals surface area contributed by atoms with Crippen molar-refractivity contribution in [2.75, 3.05) is 6.61 Å². The van der Waals surface area contributed by atoms with Gasteiger partial charge in [0.15, 0.2) is 5.78 Å². The first-order chi connectivity index (χ1) is 7.83. The van der Waals surface area contributed by atoms with E-state index in [-0.39, 0.29) is 5.78 Å². The monoisotopic (exact) mass is 214 g/mol. The molecule has 1 aliphatic rings. The number of carbonyl (C=O) groups is 1. The Bertz CT molecular complexity index is 429. The van der Waals surface area contributed by atoms with Crippen LogP contribution >= 0.6 is 0 Å². The van der Waals surface area contributed by atoms with E-state index in [0.717, 1.165) is 12.0 Å². The van der Waals surface area contributed by atoms with Crippen molar-refractivity contribution in [3.05, 3.63) is 35.4 Å². The van der Waals surface area contributed by atoms with E-state index in [4.69, 9.17) is 11.2 Å². The average molecular weight is 214 g/mol. The minimum atomic E-state index is -0.404. The molecule has 0 fully saturated rings. The molecular formula is C14H14O2. The Hall–Kier alpha value is -1.59. The summed E-state index contributed by atoms with van der Waals surface area (Å²) in [6.07, 6.45) is 6.52. The highest BCUT2D eigenvalue weighted by molar-refractivity contribution is 5.85. The Morgan fingerprint density at radius 3 is 3.12 bits per heavy atom. The molecule has 2 heteroatoms. The van der Waals surface area contributed by atoms with Gasteiger partial charge in [0.25, 0.3) is 0 Å². The normalized spacial score (nSPS) is 18.6. The van der Waals surface area contributed by atoms with Gasteiger partial charge >= 0.3 is 0 Å². The van der Waals surface area contributed by atoms with E-state index < -0.39 is 6.10 Å². The lowest BCUT2D eigenvalue weighted by molar-refractivity contribution is -0.131. The summed E-state index contributed by atoms with van der Waals surface area (Å²) in [5.41, 5.74) is 2.23. The van der Waals surface area contributed by atoms with Crippen LogP contribution in [0.4, 0.5) is 0 Å². The summed E-state index contributed by atoms with van der Waals surface area (Å²) in [7, 11) is 0. The summed E-state index contributed by atoms with van der Waals surface area (Å²) in [4.78, 5) is 11.9.